The molecule has 5 nitrogen and oxygen atoms in total. The van der Waals surface area contributed by atoms with Gasteiger partial charge in [0.15, 0.2) is 0 Å². The minimum absolute atomic E-state index is 0.162. The summed E-state index contributed by atoms with van der Waals surface area (Å²) in [6.45, 7) is 2.05. The number of hydrogen-bond acceptors (Lipinski definition) is 4. The number of nitrogens with zero attached hydrogens (tertiary/aromatic N) is 2. The van der Waals surface area contributed by atoms with Gasteiger partial charge in [0.25, 0.3) is 5.56 Å². The second-order valence-electron chi connectivity index (χ2n) is 5.88. The van der Waals surface area contributed by atoms with Gasteiger partial charge in [-0.15, -0.1) is 0 Å². The van der Waals surface area contributed by atoms with Gasteiger partial charge in [-0.3, -0.25) is 9.36 Å². The van der Waals surface area contributed by atoms with E-state index in [-0.39, 0.29) is 12.1 Å². The molecule has 2 aromatic carbocycles. The van der Waals surface area contributed by atoms with Crippen LogP contribution in [0.1, 0.15) is 11.1 Å². The molecule has 0 unspecified atom stereocenters. The molecule has 0 N–H and O–H groups in total. The fraction of sp³-hybridized carbons (Fsp3) is 0.105. The lowest BCUT2D eigenvalue weighted by molar-refractivity contribution is 0.557. The molecule has 0 radical (unpaired) electrons. The molecule has 0 amide bonds. The number of aryl methyl sites for hydroxylation is 1. The maximum absolute atomic E-state index is 12.7. The van der Waals surface area contributed by atoms with E-state index in [9.17, 15) is 9.59 Å². The molecule has 0 bridgehead atoms. The van der Waals surface area contributed by atoms with Crippen LogP contribution in [0.25, 0.3) is 21.9 Å². The van der Waals surface area contributed by atoms with E-state index in [1.807, 2.05) is 13.0 Å². The molecule has 6 heteroatoms. The highest BCUT2D eigenvalue weighted by molar-refractivity contribution is 6.32. The topological polar surface area (TPSA) is 65.1 Å². The minimum atomic E-state index is -0.467. The highest BCUT2D eigenvalue weighted by Gasteiger charge is 2.11. The highest BCUT2D eigenvalue weighted by Crippen LogP contribution is 2.25. The largest absolute Gasteiger partial charge is 0.423 e. The molecule has 0 aliphatic rings. The lowest BCUT2D eigenvalue weighted by Gasteiger charge is -2.10. The molecule has 2 heterocycles. The van der Waals surface area contributed by atoms with Crippen LogP contribution in [0.4, 0.5) is 0 Å². The van der Waals surface area contributed by atoms with Crippen molar-refractivity contribution in [2.75, 3.05) is 0 Å². The predicted octanol–water partition coefficient (Wildman–Crippen LogP) is 3.51. The van der Waals surface area contributed by atoms with Crippen LogP contribution in [0.5, 0.6) is 0 Å². The molecule has 0 aliphatic heterocycles. The predicted molar refractivity (Wildman–Crippen MR) is 97.3 cm³/mol. The van der Waals surface area contributed by atoms with Gasteiger partial charge in [0.2, 0.25) is 0 Å². The fourth-order valence-corrected chi connectivity index (χ4v) is 3.04. The number of para-hydroxylation sites is 1. The van der Waals surface area contributed by atoms with Gasteiger partial charge in [0.1, 0.15) is 5.58 Å². The lowest BCUT2D eigenvalue weighted by atomic mass is 10.1. The van der Waals surface area contributed by atoms with Crippen molar-refractivity contribution < 1.29 is 4.42 Å². The molecule has 2 aromatic heterocycles. The Balaban J connectivity index is 1.92. The summed E-state index contributed by atoms with van der Waals surface area (Å²) in [6.07, 6.45) is 1.49. The van der Waals surface area contributed by atoms with Crippen LogP contribution in [0.2, 0.25) is 5.02 Å². The molecule has 4 aromatic rings. The first-order valence-corrected chi connectivity index (χ1v) is 8.08. The van der Waals surface area contributed by atoms with E-state index in [0.717, 1.165) is 5.56 Å². The summed E-state index contributed by atoms with van der Waals surface area (Å²) in [4.78, 5) is 28.9. The Morgan fingerprint density at radius 1 is 1.12 bits per heavy atom. The van der Waals surface area contributed by atoms with Gasteiger partial charge in [-0.1, -0.05) is 23.7 Å². The third-order valence-electron chi connectivity index (χ3n) is 4.18. The van der Waals surface area contributed by atoms with Gasteiger partial charge in [0.05, 0.1) is 23.8 Å². The van der Waals surface area contributed by atoms with Gasteiger partial charge < -0.3 is 4.42 Å². The first-order chi connectivity index (χ1) is 12.0. The molecule has 124 valence electrons. The SMILES string of the molecule is Cc1cc2oc(=O)cc(Cn3cnc4ccccc4c3=O)c2cc1Cl. The van der Waals surface area contributed by atoms with E-state index in [2.05, 4.69) is 4.98 Å². The van der Waals surface area contributed by atoms with Gasteiger partial charge >= 0.3 is 5.63 Å². The Morgan fingerprint density at radius 3 is 2.76 bits per heavy atom. The molecular formula is C19H13ClN2O3. The quantitative estimate of drug-likeness (QED) is 0.518. The highest BCUT2D eigenvalue weighted by atomic mass is 35.5. The van der Waals surface area contributed by atoms with Crippen molar-refractivity contribution in [1.29, 1.82) is 0 Å². The third-order valence-corrected chi connectivity index (χ3v) is 4.59. The second kappa shape index (κ2) is 5.86. The van der Waals surface area contributed by atoms with Gasteiger partial charge in [-0.2, -0.15) is 0 Å². The number of aromatic nitrogens is 2. The Labute approximate surface area is 147 Å². The lowest BCUT2D eigenvalue weighted by Crippen LogP contribution is -2.21. The Kier molecular flexibility index (Phi) is 3.66. The van der Waals surface area contributed by atoms with E-state index in [0.29, 0.717) is 32.5 Å². The summed E-state index contributed by atoms with van der Waals surface area (Å²) in [5.41, 5.74) is 1.94. The van der Waals surface area contributed by atoms with Crippen LogP contribution >= 0.6 is 11.6 Å². The van der Waals surface area contributed by atoms with E-state index < -0.39 is 5.63 Å². The number of benzene rings is 2. The molecule has 0 atom stereocenters. The number of rotatable bonds is 2. The molecule has 0 aliphatic carbocycles. The zero-order valence-corrected chi connectivity index (χ0v) is 14.1. The van der Waals surface area contributed by atoms with E-state index >= 15 is 0 Å². The number of hydrogen-bond donors (Lipinski definition) is 0. The van der Waals surface area contributed by atoms with E-state index in [1.165, 1.54) is 17.0 Å². The van der Waals surface area contributed by atoms with Crippen molar-refractivity contribution >= 4 is 33.5 Å². The van der Waals surface area contributed by atoms with Crippen LogP contribution in [-0.2, 0) is 6.54 Å². The van der Waals surface area contributed by atoms with E-state index in [4.69, 9.17) is 16.0 Å². The maximum Gasteiger partial charge on any atom is 0.336 e. The third kappa shape index (κ3) is 2.72. The standard InChI is InChI=1S/C19H13ClN2O3/c1-11-6-17-14(8-15(11)20)12(7-18(23)25-17)9-22-10-21-16-5-3-2-4-13(16)19(22)24/h2-8,10H,9H2,1H3. The normalized spacial score (nSPS) is 11.3. The summed E-state index contributed by atoms with van der Waals surface area (Å²) in [5.74, 6) is 0. The monoisotopic (exact) mass is 352 g/mol. The molecule has 0 saturated carbocycles. The molecule has 25 heavy (non-hydrogen) atoms. The van der Waals surface area contributed by atoms with Crippen LogP contribution < -0.4 is 11.2 Å². The van der Waals surface area contributed by atoms with Crippen molar-refractivity contribution in [3.63, 3.8) is 0 Å². The average Bonchev–Trinajstić information content (AvgIpc) is 2.59. The Morgan fingerprint density at radius 2 is 1.92 bits per heavy atom. The zero-order valence-electron chi connectivity index (χ0n) is 13.3. The van der Waals surface area contributed by atoms with E-state index in [1.54, 1.807) is 30.3 Å². The van der Waals surface area contributed by atoms with Crippen molar-refractivity contribution in [3.8, 4) is 0 Å². The van der Waals surface area contributed by atoms with Gasteiger partial charge in [0, 0.05) is 16.5 Å². The molecule has 0 spiro atoms. The second-order valence-corrected chi connectivity index (χ2v) is 6.29. The summed E-state index contributed by atoms with van der Waals surface area (Å²) >= 11 is 6.21. The van der Waals surface area contributed by atoms with Gasteiger partial charge in [-0.25, -0.2) is 9.78 Å². The van der Waals surface area contributed by atoms with Crippen molar-refractivity contribution in [2.24, 2.45) is 0 Å². The summed E-state index contributed by atoms with van der Waals surface area (Å²) in [7, 11) is 0. The van der Waals surface area contributed by atoms with Gasteiger partial charge in [-0.05, 0) is 42.3 Å². The minimum Gasteiger partial charge on any atom is -0.423 e. The Hall–Kier alpha value is -2.92. The van der Waals surface area contributed by atoms with Crippen molar-refractivity contribution in [2.45, 2.75) is 13.5 Å². The first-order valence-electron chi connectivity index (χ1n) is 7.70. The number of fused-ring (bicyclic) bond motifs is 2. The first kappa shape index (κ1) is 15.6. The molecule has 0 saturated heterocycles. The zero-order chi connectivity index (χ0) is 17.6. The molecule has 4 rings (SSSR count). The van der Waals surface area contributed by atoms with Crippen LogP contribution in [0.15, 0.2) is 62.8 Å². The summed E-state index contributed by atoms with van der Waals surface area (Å²) in [5, 5.41) is 1.81. The fourth-order valence-electron chi connectivity index (χ4n) is 2.88. The summed E-state index contributed by atoms with van der Waals surface area (Å²) < 4.78 is 6.74. The summed E-state index contributed by atoms with van der Waals surface area (Å²) in [6, 6.07) is 12.0. The van der Waals surface area contributed by atoms with Crippen LogP contribution in [-0.4, -0.2) is 9.55 Å². The molecular weight excluding hydrogens is 340 g/mol. The maximum atomic E-state index is 12.7. The van der Waals surface area contributed by atoms with Crippen molar-refractivity contribution in [1.82, 2.24) is 9.55 Å². The number of halogens is 1. The van der Waals surface area contributed by atoms with Crippen molar-refractivity contribution in [3.05, 3.63) is 85.7 Å². The average molecular weight is 353 g/mol. The van der Waals surface area contributed by atoms with Crippen LogP contribution in [0.3, 0.4) is 0 Å². The molecule has 0 fully saturated rings. The smallest absolute Gasteiger partial charge is 0.336 e. The Bertz CT molecular complexity index is 1240. The van der Waals surface area contributed by atoms with Crippen LogP contribution in [0, 0.1) is 6.92 Å².